The van der Waals surface area contributed by atoms with Gasteiger partial charge < -0.3 is 14.0 Å². The Kier molecular flexibility index (Phi) is 7.16. The molecule has 2 aromatic heterocycles. The summed E-state index contributed by atoms with van der Waals surface area (Å²) in [6.45, 7) is 4.58. The number of rotatable bonds is 8. The van der Waals surface area contributed by atoms with Crippen molar-refractivity contribution in [2.45, 2.75) is 39.4 Å². The predicted octanol–water partition coefficient (Wildman–Crippen LogP) is 6.64. The highest BCUT2D eigenvalue weighted by Crippen LogP contribution is 2.34. The van der Waals surface area contributed by atoms with Crippen molar-refractivity contribution in [3.63, 3.8) is 0 Å². The van der Waals surface area contributed by atoms with Gasteiger partial charge in [0.2, 0.25) is 0 Å². The molecule has 0 aliphatic rings. The topological polar surface area (TPSA) is 53.4 Å². The van der Waals surface area contributed by atoms with Crippen molar-refractivity contribution in [3.05, 3.63) is 70.4 Å². The van der Waals surface area contributed by atoms with E-state index < -0.39 is 11.7 Å². The van der Waals surface area contributed by atoms with Gasteiger partial charge in [0.25, 0.3) is 0 Å². The minimum atomic E-state index is -4.37. The van der Waals surface area contributed by atoms with Gasteiger partial charge in [0, 0.05) is 34.0 Å². The molecule has 0 aliphatic carbocycles. The average molecular weight is 503 g/mol. The molecular formula is C26H25F3N2O3S. The highest BCUT2D eigenvalue weighted by atomic mass is 32.1. The highest BCUT2D eigenvalue weighted by molar-refractivity contribution is 7.15. The van der Waals surface area contributed by atoms with E-state index in [-0.39, 0.29) is 12.4 Å². The molecule has 0 unspecified atom stereocenters. The maximum atomic E-state index is 12.9. The molecule has 0 atom stereocenters. The summed E-state index contributed by atoms with van der Waals surface area (Å²) < 4.78 is 51.3. The zero-order valence-corrected chi connectivity index (χ0v) is 20.4. The van der Waals surface area contributed by atoms with Crippen molar-refractivity contribution >= 4 is 28.2 Å². The van der Waals surface area contributed by atoms with E-state index in [1.165, 1.54) is 23.5 Å². The second-order valence-electron chi connectivity index (χ2n) is 8.07. The molecule has 0 saturated heterocycles. The van der Waals surface area contributed by atoms with Crippen LogP contribution in [-0.2, 0) is 28.7 Å². The monoisotopic (exact) mass is 502 g/mol. The third kappa shape index (κ3) is 5.51. The largest absolute Gasteiger partial charge is 0.497 e. The standard InChI is InChI=1S/C26H25F3N2O3S/c1-4-34-24(32)12-7-18-14-31(22-11-10-20(33-3)13-21(18)22)15-23-16(2)30-25(35-23)17-5-8-19(9-6-17)26(27,28)29/h5-6,8-11,13-14H,4,7,12,15H2,1-3H3. The molecule has 4 aromatic rings. The lowest BCUT2D eigenvalue weighted by Crippen LogP contribution is -2.05. The summed E-state index contributed by atoms with van der Waals surface area (Å²) in [5, 5.41) is 1.67. The third-order valence-corrected chi connectivity index (χ3v) is 6.93. The molecule has 5 nitrogen and oxygen atoms in total. The first-order valence-corrected chi connectivity index (χ1v) is 12.0. The second kappa shape index (κ2) is 10.1. The van der Waals surface area contributed by atoms with Crippen LogP contribution >= 0.6 is 11.3 Å². The molecule has 0 spiro atoms. The molecular weight excluding hydrogens is 477 g/mol. The summed E-state index contributed by atoms with van der Waals surface area (Å²) in [7, 11) is 1.61. The number of benzene rings is 2. The van der Waals surface area contributed by atoms with Gasteiger partial charge >= 0.3 is 12.1 Å². The minimum Gasteiger partial charge on any atom is -0.497 e. The smallest absolute Gasteiger partial charge is 0.416 e. The molecule has 2 aromatic carbocycles. The Labute approximate surface area is 205 Å². The molecule has 0 radical (unpaired) electrons. The third-order valence-electron chi connectivity index (χ3n) is 5.74. The average Bonchev–Trinajstić information content (AvgIpc) is 3.37. The van der Waals surface area contributed by atoms with E-state index in [4.69, 9.17) is 9.47 Å². The van der Waals surface area contributed by atoms with Crippen molar-refractivity contribution < 1.29 is 27.4 Å². The Hall–Kier alpha value is -3.33. The van der Waals surface area contributed by atoms with Crippen molar-refractivity contribution in [2.24, 2.45) is 0 Å². The van der Waals surface area contributed by atoms with Crippen LogP contribution in [0.1, 0.15) is 35.0 Å². The molecule has 0 saturated carbocycles. The number of methoxy groups -OCH3 is 1. The summed E-state index contributed by atoms with van der Waals surface area (Å²) in [5.74, 6) is 0.488. The van der Waals surface area contributed by atoms with Gasteiger partial charge in [-0.3, -0.25) is 4.79 Å². The first kappa shape index (κ1) is 24.8. The van der Waals surface area contributed by atoms with Crippen molar-refractivity contribution in [3.8, 4) is 16.3 Å². The van der Waals surface area contributed by atoms with Gasteiger partial charge in [-0.1, -0.05) is 12.1 Å². The van der Waals surface area contributed by atoms with Crippen molar-refractivity contribution in [1.82, 2.24) is 9.55 Å². The molecule has 0 bridgehead atoms. The van der Waals surface area contributed by atoms with Crippen molar-refractivity contribution in [1.29, 1.82) is 0 Å². The molecule has 0 N–H and O–H groups in total. The van der Waals surface area contributed by atoms with Crippen LogP contribution < -0.4 is 4.74 Å². The highest BCUT2D eigenvalue weighted by Gasteiger charge is 2.30. The van der Waals surface area contributed by atoms with Crippen LogP contribution in [0.3, 0.4) is 0 Å². The number of esters is 1. The van der Waals surface area contributed by atoms with E-state index in [9.17, 15) is 18.0 Å². The number of alkyl halides is 3. The number of fused-ring (bicyclic) bond motifs is 1. The van der Waals surface area contributed by atoms with Crippen LogP contribution in [0.25, 0.3) is 21.5 Å². The summed E-state index contributed by atoms with van der Waals surface area (Å²) in [6.07, 6.45) is -1.53. The molecule has 0 amide bonds. The molecule has 4 rings (SSSR count). The number of hydrogen-bond donors (Lipinski definition) is 0. The number of carbonyl (C=O) groups excluding carboxylic acids is 1. The number of aromatic nitrogens is 2. The van der Waals surface area contributed by atoms with Gasteiger partial charge in [-0.25, -0.2) is 4.98 Å². The van der Waals surface area contributed by atoms with Crippen LogP contribution in [-0.4, -0.2) is 29.2 Å². The Morgan fingerprint density at radius 1 is 1.14 bits per heavy atom. The van der Waals surface area contributed by atoms with Gasteiger partial charge in [0.15, 0.2) is 0 Å². The SMILES string of the molecule is CCOC(=O)CCc1cn(Cc2sc(-c3ccc(C(F)(F)F)cc3)nc2C)c2ccc(OC)cc12. The van der Waals surface area contributed by atoms with Gasteiger partial charge in [-0.05, 0) is 56.2 Å². The number of thiazole rings is 1. The molecule has 35 heavy (non-hydrogen) atoms. The lowest BCUT2D eigenvalue weighted by molar-refractivity contribution is -0.143. The van der Waals surface area contributed by atoms with E-state index in [1.54, 1.807) is 14.0 Å². The number of hydrogen-bond acceptors (Lipinski definition) is 5. The fraction of sp³-hybridized carbons (Fsp3) is 0.308. The van der Waals surface area contributed by atoms with Crippen molar-refractivity contribution in [2.75, 3.05) is 13.7 Å². The normalized spacial score (nSPS) is 11.7. The molecule has 0 fully saturated rings. The van der Waals surface area contributed by atoms with E-state index in [0.717, 1.165) is 44.9 Å². The summed E-state index contributed by atoms with van der Waals surface area (Å²) >= 11 is 1.46. The lowest BCUT2D eigenvalue weighted by Gasteiger charge is -2.06. The number of aryl methyl sites for hydroxylation is 2. The fourth-order valence-electron chi connectivity index (χ4n) is 3.93. The fourth-order valence-corrected chi connectivity index (χ4v) is 5.00. The van der Waals surface area contributed by atoms with E-state index in [2.05, 4.69) is 9.55 Å². The first-order chi connectivity index (χ1) is 16.7. The molecule has 0 aliphatic heterocycles. The van der Waals surface area contributed by atoms with E-state index in [1.807, 2.05) is 31.3 Å². The Morgan fingerprint density at radius 3 is 2.54 bits per heavy atom. The zero-order valence-electron chi connectivity index (χ0n) is 19.6. The predicted molar refractivity (Wildman–Crippen MR) is 130 cm³/mol. The maximum absolute atomic E-state index is 12.9. The van der Waals surface area contributed by atoms with E-state index >= 15 is 0 Å². The number of ether oxygens (including phenoxy) is 2. The lowest BCUT2D eigenvalue weighted by atomic mass is 10.1. The quantitative estimate of drug-likeness (QED) is 0.253. The molecule has 9 heteroatoms. The van der Waals surface area contributed by atoms with E-state index in [0.29, 0.717) is 30.1 Å². The number of nitrogens with zero attached hydrogens (tertiary/aromatic N) is 2. The first-order valence-electron chi connectivity index (χ1n) is 11.1. The summed E-state index contributed by atoms with van der Waals surface area (Å²) in [5.41, 5.74) is 2.80. The van der Waals surface area contributed by atoms with Crippen LogP contribution in [0.5, 0.6) is 5.75 Å². The van der Waals surface area contributed by atoms with Gasteiger partial charge in [0.1, 0.15) is 10.8 Å². The maximum Gasteiger partial charge on any atom is 0.416 e. The Bertz CT molecular complexity index is 1340. The molecule has 184 valence electrons. The van der Waals surface area contributed by atoms with Gasteiger partial charge in [-0.15, -0.1) is 11.3 Å². The Morgan fingerprint density at radius 2 is 1.89 bits per heavy atom. The summed E-state index contributed by atoms with van der Waals surface area (Å²) in [6, 6.07) is 10.9. The Balaban J connectivity index is 1.63. The zero-order chi connectivity index (χ0) is 25.2. The van der Waals surface area contributed by atoms with Crippen LogP contribution in [0, 0.1) is 6.92 Å². The number of halogens is 3. The molecule has 2 heterocycles. The minimum absolute atomic E-state index is 0.240. The van der Waals surface area contributed by atoms with Crippen LogP contribution in [0.2, 0.25) is 0 Å². The second-order valence-corrected chi connectivity index (χ2v) is 9.16. The van der Waals surface area contributed by atoms with Crippen LogP contribution in [0.4, 0.5) is 13.2 Å². The summed E-state index contributed by atoms with van der Waals surface area (Å²) in [4.78, 5) is 17.5. The van der Waals surface area contributed by atoms with Gasteiger partial charge in [-0.2, -0.15) is 13.2 Å². The van der Waals surface area contributed by atoms with Crippen LogP contribution in [0.15, 0.2) is 48.7 Å². The van der Waals surface area contributed by atoms with Gasteiger partial charge in [0.05, 0.1) is 31.5 Å². The number of carbonyl (C=O) groups is 1.